The average molecular weight is 280 g/mol. The molecule has 2 amide bonds. The van der Waals surface area contributed by atoms with Crippen molar-refractivity contribution in [2.45, 2.75) is 72.4 Å². The van der Waals surface area contributed by atoms with E-state index in [-0.39, 0.29) is 28.3 Å². The van der Waals surface area contributed by atoms with Gasteiger partial charge in [-0.2, -0.15) is 0 Å². The van der Waals surface area contributed by atoms with Crippen molar-refractivity contribution in [3.8, 4) is 0 Å². The van der Waals surface area contributed by atoms with E-state index in [0.29, 0.717) is 0 Å². The number of carbonyl (C=O) groups excluding carboxylic acids is 2. The summed E-state index contributed by atoms with van der Waals surface area (Å²) in [5.74, 6) is -0.821. The normalized spacial score (nSPS) is 32.1. The molecule has 1 heterocycles. The summed E-state index contributed by atoms with van der Waals surface area (Å²) in [6, 6.07) is 0.224. The van der Waals surface area contributed by atoms with E-state index in [1.165, 1.54) is 0 Å². The lowest BCUT2D eigenvalue weighted by molar-refractivity contribution is -0.147. The number of hydrogen-bond donors (Lipinski definition) is 1. The number of rotatable bonds is 0. The predicted molar refractivity (Wildman–Crippen MR) is 79.1 cm³/mol. The molecule has 0 aromatic heterocycles. The van der Waals surface area contributed by atoms with Crippen LogP contribution in [0.4, 0.5) is 0 Å². The summed E-state index contributed by atoms with van der Waals surface area (Å²) in [7, 11) is 0. The van der Waals surface area contributed by atoms with E-state index in [9.17, 15) is 9.59 Å². The highest BCUT2D eigenvalue weighted by Crippen LogP contribution is 2.52. The molecule has 1 N–H and O–H groups in total. The second-order valence-electron chi connectivity index (χ2n) is 8.85. The van der Waals surface area contributed by atoms with Crippen molar-refractivity contribution in [3.63, 3.8) is 0 Å². The third kappa shape index (κ3) is 3.15. The zero-order valence-electron chi connectivity index (χ0n) is 13.7. The molecule has 2 fully saturated rings. The van der Waals surface area contributed by atoms with Crippen LogP contribution in [0.1, 0.15) is 60.8 Å². The van der Waals surface area contributed by atoms with E-state index >= 15 is 0 Å². The maximum atomic E-state index is 12.4. The van der Waals surface area contributed by atoms with Crippen LogP contribution in [0.15, 0.2) is 0 Å². The van der Waals surface area contributed by atoms with Crippen LogP contribution in [0.3, 0.4) is 0 Å². The second-order valence-corrected chi connectivity index (χ2v) is 8.85. The maximum absolute atomic E-state index is 12.4. The molecule has 2 aliphatic rings. The summed E-state index contributed by atoms with van der Waals surface area (Å²) in [5, 5.41) is 2.78. The molecule has 20 heavy (non-hydrogen) atoms. The Hall–Kier alpha value is -1.06. The quantitative estimate of drug-likeness (QED) is 0.692. The summed E-state index contributed by atoms with van der Waals surface area (Å²) in [6.07, 6.45) is 3.16. The first-order valence-electron chi connectivity index (χ1n) is 7.54. The Morgan fingerprint density at radius 2 is 1.75 bits per heavy atom. The van der Waals surface area contributed by atoms with Crippen LogP contribution in [0, 0.1) is 10.8 Å². The molecule has 114 valence electrons. The van der Waals surface area contributed by atoms with E-state index in [1.807, 2.05) is 25.7 Å². The van der Waals surface area contributed by atoms with Crippen molar-refractivity contribution in [1.82, 2.24) is 10.2 Å². The minimum atomic E-state index is -0.466. The second kappa shape index (κ2) is 4.47. The molecule has 2 rings (SSSR count). The first-order valence-corrected chi connectivity index (χ1v) is 7.54. The van der Waals surface area contributed by atoms with Gasteiger partial charge in [0.15, 0.2) is 0 Å². The molecule has 4 heteroatoms. The number of likely N-dealkylation sites (tertiary alicyclic amines) is 1. The Bertz CT molecular complexity index is 436. The van der Waals surface area contributed by atoms with E-state index in [1.54, 1.807) is 0 Å². The SMILES string of the molecule is CC1(C)CC2CC(C)(CN2C(=O)C(=O)NC(C)(C)C)C1. The molecule has 1 saturated heterocycles. The van der Waals surface area contributed by atoms with E-state index in [2.05, 4.69) is 26.1 Å². The largest absolute Gasteiger partial charge is 0.343 e. The lowest BCUT2D eigenvalue weighted by Crippen LogP contribution is -2.50. The zero-order chi connectivity index (χ0) is 15.3. The van der Waals surface area contributed by atoms with Crippen molar-refractivity contribution >= 4 is 11.8 Å². The molecule has 0 aromatic rings. The fraction of sp³-hybridized carbons (Fsp3) is 0.875. The fourth-order valence-electron chi connectivity index (χ4n) is 4.22. The number of amides is 2. The van der Waals surface area contributed by atoms with Gasteiger partial charge in [-0.15, -0.1) is 0 Å². The van der Waals surface area contributed by atoms with Crippen LogP contribution in [0.2, 0.25) is 0 Å². The average Bonchev–Trinajstić information content (AvgIpc) is 2.43. The summed E-state index contributed by atoms with van der Waals surface area (Å²) >= 11 is 0. The van der Waals surface area contributed by atoms with Crippen LogP contribution >= 0.6 is 0 Å². The summed E-state index contributed by atoms with van der Waals surface area (Å²) < 4.78 is 0. The molecule has 1 aliphatic carbocycles. The van der Waals surface area contributed by atoms with Gasteiger partial charge >= 0.3 is 11.8 Å². The molecular weight excluding hydrogens is 252 g/mol. The molecule has 2 bridgehead atoms. The number of carbonyl (C=O) groups is 2. The highest BCUT2D eigenvalue weighted by Gasteiger charge is 2.51. The van der Waals surface area contributed by atoms with Gasteiger partial charge in [-0.05, 0) is 50.9 Å². The fourth-order valence-corrected chi connectivity index (χ4v) is 4.22. The summed E-state index contributed by atoms with van der Waals surface area (Å²) in [5.41, 5.74) is 0.0575. The van der Waals surface area contributed by atoms with E-state index in [0.717, 1.165) is 25.8 Å². The Morgan fingerprint density at radius 3 is 2.30 bits per heavy atom. The standard InChI is InChI=1S/C16H28N2O2/c1-14(2,3)17-12(19)13(20)18-10-16(6)8-11(18)7-15(4,5)9-16/h11H,7-10H2,1-6H3,(H,17,19). The van der Waals surface area contributed by atoms with E-state index < -0.39 is 5.91 Å². The lowest BCUT2D eigenvalue weighted by atomic mass is 9.65. The van der Waals surface area contributed by atoms with Crippen molar-refractivity contribution in [2.24, 2.45) is 10.8 Å². The van der Waals surface area contributed by atoms with Crippen LogP contribution in [0.5, 0.6) is 0 Å². The van der Waals surface area contributed by atoms with Gasteiger partial charge in [-0.3, -0.25) is 9.59 Å². The molecule has 1 aliphatic heterocycles. The number of hydrogen-bond acceptors (Lipinski definition) is 2. The Morgan fingerprint density at radius 1 is 1.15 bits per heavy atom. The van der Waals surface area contributed by atoms with Crippen molar-refractivity contribution in [1.29, 1.82) is 0 Å². The predicted octanol–water partition coefficient (Wildman–Crippen LogP) is 2.33. The third-order valence-electron chi connectivity index (χ3n) is 4.36. The summed E-state index contributed by atoms with van der Waals surface area (Å²) in [4.78, 5) is 26.3. The van der Waals surface area contributed by atoms with Crippen molar-refractivity contribution in [2.75, 3.05) is 6.54 Å². The Balaban J connectivity index is 2.11. The highest BCUT2D eigenvalue weighted by atomic mass is 16.2. The monoisotopic (exact) mass is 280 g/mol. The molecule has 0 spiro atoms. The molecule has 0 aromatic carbocycles. The van der Waals surface area contributed by atoms with Crippen molar-refractivity contribution < 1.29 is 9.59 Å². The van der Waals surface area contributed by atoms with Gasteiger partial charge in [0.25, 0.3) is 0 Å². The molecule has 2 unspecified atom stereocenters. The summed E-state index contributed by atoms with van der Waals surface area (Å²) in [6.45, 7) is 13.2. The van der Waals surface area contributed by atoms with Crippen LogP contribution in [-0.4, -0.2) is 34.8 Å². The number of nitrogens with one attached hydrogen (secondary N) is 1. The van der Waals surface area contributed by atoms with Gasteiger partial charge < -0.3 is 10.2 Å². The first-order chi connectivity index (χ1) is 8.91. The third-order valence-corrected chi connectivity index (χ3v) is 4.36. The van der Waals surface area contributed by atoms with Gasteiger partial charge in [0.05, 0.1) is 0 Å². The molecular formula is C16H28N2O2. The molecule has 1 saturated carbocycles. The smallest absolute Gasteiger partial charge is 0.312 e. The maximum Gasteiger partial charge on any atom is 0.312 e. The van der Waals surface area contributed by atoms with Crippen LogP contribution in [0.25, 0.3) is 0 Å². The van der Waals surface area contributed by atoms with Gasteiger partial charge in [0.2, 0.25) is 0 Å². The topological polar surface area (TPSA) is 49.4 Å². The van der Waals surface area contributed by atoms with E-state index in [4.69, 9.17) is 0 Å². The number of nitrogens with zero attached hydrogens (tertiary/aromatic N) is 1. The minimum Gasteiger partial charge on any atom is -0.343 e. The first kappa shape index (κ1) is 15.3. The van der Waals surface area contributed by atoms with Crippen LogP contribution < -0.4 is 5.32 Å². The number of fused-ring (bicyclic) bond motifs is 2. The van der Waals surface area contributed by atoms with Gasteiger partial charge in [0.1, 0.15) is 0 Å². The van der Waals surface area contributed by atoms with Gasteiger partial charge in [-0.25, -0.2) is 0 Å². The molecule has 4 nitrogen and oxygen atoms in total. The van der Waals surface area contributed by atoms with Crippen LogP contribution in [-0.2, 0) is 9.59 Å². The van der Waals surface area contributed by atoms with Crippen molar-refractivity contribution in [3.05, 3.63) is 0 Å². The highest BCUT2D eigenvalue weighted by molar-refractivity contribution is 6.35. The minimum absolute atomic E-state index is 0.171. The van der Waals surface area contributed by atoms with Gasteiger partial charge in [0, 0.05) is 18.1 Å². The lowest BCUT2D eigenvalue weighted by Gasteiger charge is -2.39. The Labute approximate surface area is 122 Å². The van der Waals surface area contributed by atoms with Gasteiger partial charge in [-0.1, -0.05) is 20.8 Å². The molecule has 0 radical (unpaired) electrons. The Kier molecular flexibility index (Phi) is 3.43. The molecule has 2 atom stereocenters. The zero-order valence-corrected chi connectivity index (χ0v) is 13.7.